The average molecular weight is 198 g/mol. The van der Waals surface area contributed by atoms with Gasteiger partial charge in [0, 0.05) is 38.5 Å². The van der Waals surface area contributed by atoms with E-state index in [9.17, 15) is 4.79 Å². The minimum absolute atomic E-state index is 0.142. The molecule has 0 aromatic heterocycles. The molecule has 1 rings (SSSR count). The van der Waals surface area contributed by atoms with Crippen LogP contribution in [0.3, 0.4) is 0 Å². The van der Waals surface area contributed by atoms with E-state index in [0.717, 1.165) is 19.6 Å². The Morgan fingerprint density at radius 2 is 2.43 bits per heavy atom. The monoisotopic (exact) mass is 198 g/mol. The van der Waals surface area contributed by atoms with Crippen molar-refractivity contribution in [2.24, 2.45) is 5.92 Å². The number of nitrogens with zero attached hydrogens (tertiary/aromatic N) is 1. The Morgan fingerprint density at radius 3 is 3.00 bits per heavy atom. The molecule has 0 saturated carbocycles. The van der Waals surface area contributed by atoms with E-state index in [1.807, 2.05) is 11.0 Å². The Balaban J connectivity index is 2.18. The van der Waals surface area contributed by atoms with Gasteiger partial charge >= 0.3 is 0 Å². The van der Waals surface area contributed by atoms with Gasteiger partial charge < -0.3 is 15.3 Å². The van der Waals surface area contributed by atoms with Crippen molar-refractivity contribution in [1.82, 2.24) is 10.2 Å². The van der Waals surface area contributed by atoms with Crippen molar-refractivity contribution in [2.45, 2.75) is 6.42 Å². The molecule has 1 amide bonds. The van der Waals surface area contributed by atoms with Gasteiger partial charge in [-0.15, -0.1) is 6.58 Å². The summed E-state index contributed by atoms with van der Waals surface area (Å²) in [6.07, 6.45) is 2.45. The molecule has 4 nitrogen and oxygen atoms in total. The van der Waals surface area contributed by atoms with Crippen LogP contribution in [0.2, 0.25) is 0 Å². The first-order valence-corrected chi connectivity index (χ1v) is 5.00. The molecule has 1 aliphatic heterocycles. The molecular weight excluding hydrogens is 180 g/mol. The number of hydrogen-bond acceptors (Lipinski definition) is 3. The third-order valence-electron chi connectivity index (χ3n) is 2.42. The Bertz CT molecular complexity index is 206. The molecule has 0 aromatic rings. The highest BCUT2D eigenvalue weighted by Crippen LogP contribution is 2.17. The largest absolute Gasteiger partial charge is 0.395 e. The Labute approximate surface area is 84.6 Å². The summed E-state index contributed by atoms with van der Waals surface area (Å²) in [4.78, 5) is 13.3. The van der Waals surface area contributed by atoms with Crippen LogP contribution in [-0.2, 0) is 4.79 Å². The van der Waals surface area contributed by atoms with Crippen LogP contribution in [0, 0.1) is 5.92 Å². The summed E-state index contributed by atoms with van der Waals surface area (Å²) in [6.45, 7) is 6.69. The fraction of sp³-hybridized carbons (Fsp3) is 0.700. The van der Waals surface area contributed by atoms with Gasteiger partial charge in [0.25, 0.3) is 0 Å². The number of aliphatic hydroxyl groups is 1. The van der Waals surface area contributed by atoms with Crippen LogP contribution in [0.25, 0.3) is 0 Å². The zero-order valence-electron chi connectivity index (χ0n) is 8.41. The summed E-state index contributed by atoms with van der Waals surface area (Å²) in [7, 11) is 0. The molecule has 2 N–H and O–H groups in total. The van der Waals surface area contributed by atoms with Gasteiger partial charge in [-0.05, 0) is 0 Å². The standard InChI is InChI=1S/C10H18N2O2/c1-2-9-7-10(14)12(8-9)5-3-11-4-6-13/h2,9,11,13H,1,3-8H2. The van der Waals surface area contributed by atoms with Crippen LogP contribution in [0.15, 0.2) is 12.7 Å². The van der Waals surface area contributed by atoms with Crippen molar-refractivity contribution < 1.29 is 9.90 Å². The first-order chi connectivity index (χ1) is 6.77. The second-order valence-corrected chi connectivity index (χ2v) is 3.51. The lowest BCUT2D eigenvalue weighted by atomic mass is 10.1. The summed E-state index contributed by atoms with van der Waals surface area (Å²) in [6, 6.07) is 0. The molecular formula is C10H18N2O2. The number of rotatable bonds is 6. The third-order valence-corrected chi connectivity index (χ3v) is 2.42. The summed E-state index contributed by atoms with van der Waals surface area (Å²) >= 11 is 0. The Morgan fingerprint density at radius 1 is 1.64 bits per heavy atom. The van der Waals surface area contributed by atoms with E-state index in [1.165, 1.54) is 0 Å². The fourth-order valence-corrected chi connectivity index (χ4v) is 1.59. The smallest absolute Gasteiger partial charge is 0.223 e. The van der Waals surface area contributed by atoms with Crippen molar-refractivity contribution in [1.29, 1.82) is 0 Å². The highest BCUT2D eigenvalue weighted by Gasteiger charge is 2.26. The number of aliphatic hydroxyl groups excluding tert-OH is 1. The second-order valence-electron chi connectivity index (χ2n) is 3.51. The van der Waals surface area contributed by atoms with Crippen molar-refractivity contribution in [2.75, 3.05) is 32.8 Å². The van der Waals surface area contributed by atoms with Crippen LogP contribution in [0.1, 0.15) is 6.42 Å². The highest BCUT2D eigenvalue weighted by molar-refractivity contribution is 5.78. The second kappa shape index (κ2) is 5.78. The number of carbonyl (C=O) groups is 1. The van der Waals surface area contributed by atoms with Gasteiger partial charge in [-0.25, -0.2) is 0 Å². The summed E-state index contributed by atoms with van der Waals surface area (Å²) in [5.41, 5.74) is 0. The average Bonchev–Trinajstić information content (AvgIpc) is 2.54. The number of nitrogens with one attached hydrogen (secondary N) is 1. The normalized spacial score (nSPS) is 21.6. The molecule has 1 unspecified atom stereocenters. The highest BCUT2D eigenvalue weighted by atomic mass is 16.3. The van der Waals surface area contributed by atoms with Gasteiger partial charge in [0.15, 0.2) is 0 Å². The number of likely N-dealkylation sites (tertiary alicyclic amines) is 1. The van der Waals surface area contributed by atoms with Gasteiger partial charge in [0.05, 0.1) is 6.61 Å². The maximum atomic E-state index is 11.4. The van der Waals surface area contributed by atoms with Gasteiger partial charge in [0.1, 0.15) is 0 Å². The summed E-state index contributed by atoms with van der Waals surface area (Å²) in [5.74, 6) is 0.529. The van der Waals surface area contributed by atoms with E-state index in [4.69, 9.17) is 5.11 Å². The maximum Gasteiger partial charge on any atom is 0.223 e. The zero-order chi connectivity index (χ0) is 10.4. The minimum atomic E-state index is 0.142. The van der Waals surface area contributed by atoms with E-state index in [1.54, 1.807) is 0 Å². The first-order valence-electron chi connectivity index (χ1n) is 5.00. The SMILES string of the molecule is C=CC1CC(=O)N(CCNCCO)C1. The lowest BCUT2D eigenvalue weighted by Gasteiger charge is -2.15. The van der Waals surface area contributed by atoms with Crippen LogP contribution < -0.4 is 5.32 Å². The summed E-state index contributed by atoms with van der Waals surface area (Å²) in [5, 5.41) is 11.6. The first kappa shape index (κ1) is 11.2. The molecule has 0 bridgehead atoms. The predicted molar refractivity (Wildman–Crippen MR) is 54.8 cm³/mol. The van der Waals surface area contributed by atoms with Gasteiger partial charge in [0.2, 0.25) is 5.91 Å². The van der Waals surface area contributed by atoms with E-state index in [0.29, 0.717) is 18.9 Å². The van der Waals surface area contributed by atoms with Crippen molar-refractivity contribution in [3.63, 3.8) is 0 Å². The van der Waals surface area contributed by atoms with Crippen LogP contribution in [0.4, 0.5) is 0 Å². The molecule has 1 fully saturated rings. The number of carbonyl (C=O) groups excluding carboxylic acids is 1. The Hall–Kier alpha value is -0.870. The molecule has 1 heterocycles. The number of hydrogen-bond donors (Lipinski definition) is 2. The number of amides is 1. The van der Waals surface area contributed by atoms with Gasteiger partial charge in [-0.1, -0.05) is 6.08 Å². The van der Waals surface area contributed by atoms with Crippen LogP contribution in [0.5, 0.6) is 0 Å². The molecule has 1 aliphatic rings. The molecule has 80 valence electrons. The quantitative estimate of drug-likeness (QED) is 0.451. The van der Waals surface area contributed by atoms with E-state index >= 15 is 0 Å². The van der Waals surface area contributed by atoms with Crippen LogP contribution in [-0.4, -0.2) is 48.7 Å². The third kappa shape index (κ3) is 3.12. The molecule has 1 saturated heterocycles. The molecule has 0 aliphatic carbocycles. The van der Waals surface area contributed by atoms with Crippen molar-refractivity contribution in [3.05, 3.63) is 12.7 Å². The Kier molecular flexibility index (Phi) is 4.62. The zero-order valence-corrected chi connectivity index (χ0v) is 8.41. The molecule has 0 spiro atoms. The molecule has 1 atom stereocenters. The topological polar surface area (TPSA) is 52.6 Å². The van der Waals surface area contributed by atoms with E-state index in [2.05, 4.69) is 11.9 Å². The maximum absolute atomic E-state index is 11.4. The summed E-state index contributed by atoms with van der Waals surface area (Å²) < 4.78 is 0. The fourth-order valence-electron chi connectivity index (χ4n) is 1.59. The van der Waals surface area contributed by atoms with Crippen LogP contribution >= 0.6 is 0 Å². The minimum Gasteiger partial charge on any atom is -0.395 e. The van der Waals surface area contributed by atoms with Crippen molar-refractivity contribution >= 4 is 5.91 Å². The van der Waals surface area contributed by atoms with E-state index in [-0.39, 0.29) is 12.5 Å². The van der Waals surface area contributed by atoms with Gasteiger partial charge in [-0.3, -0.25) is 4.79 Å². The van der Waals surface area contributed by atoms with Gasteiger partial charge in [-0.2, -0.15) is 0 Å². The lowest BCUT2D eigenvalue weighted by molar-refractivity contribution is -0.127. The van der Waals surface area contributed by atoms with Crippen molar-refractivity contribution in [3.8, 4) is 0 Å². The predicted octanol–water partition coefficient (Wildman–Crippen LogP) is -0.397. The molecule has 14 heavy (non-hydrogen) atoms. The lowest BCUT2D eigenvalue weighted by Crippen LogP contribution is -2.34. The molecule has 0 aromatic carbocycles. The molecule has 0 radical (unpaired) electrons. The van der Waals surface area contributed by atoms with E-state index < -0.39 is 0 Å². The molecule has 4 heteroatoms.